The van der Waals surface area contributed by atoms with Crippen LogP contribution in [0.25, 0.3) is 0 Å². The molecule has 3 amide bonds. The van der Waals surface area contributed by atoms with Crippen molar-refractivity contribution >= 4 is 23.4 Å². The van der Waals surface area contributed by atoms with Crippen molar-refractivity contribution in [2.24, 2.45) is 0 Å². The van der Waals surface area contributed by atoms with E-state index >= 15 is 0 Å². The standard InChI is InChI=1S/C14H16FN3O3/c1-18(14(21)11-5-6-12(19)17-11)8-13(20)16-10-4-2-3-9(15)7-10/h2-4,7,11H,5-6,8H2,1H3,(H,16,20)(H,17,19)/t11-/m0/s1. The number of likely N-dealkylation sites (N-methyl/N-ethyl adjacent to an activating group) is 1. The molecule has 0 aliphatic carbocycles. The number of halogens is 1. The molecule has 1 aromatic rings. The van der Waals surface area contributed by atoms with Gasteiger partial charge in [0.15, 0.2) is 0 Å². The summed E-state index contributed by atoms with van der Waals surface area (Å²) >= 11 is 0. The minimum absolute atomic E-state index is 0.161. The lowest BCUT2D eigenvalue weighted by Crippen LogP contribution is -2.45. The van der Waals surface area contributed by atoms with Gasteiger partial charge in [0, 0.05) is 19.2 Å². The second-order valence-corrected chi connectivity index (χ2v) is 4.91. The highest BCUT2D eigenvalue weighted by Crippen LogP contribution is 2.11. The monoisotopic (exact) mass is 293 g/mol. The molecule has 1 aliphatic rings. The van der Waals surface area contributed by atoms with Gasteiger partial charge in [0.05, 0.1) is 6.54 Å². The quantitative estimate of drug-likeness (QED) is 0.848. The third-order valence-corrected chi connectivity index (χ3v) is 3.16. The van der Waals surface area contributed by atoms with Crippen LogP contribution in [0.4, 0.5) is 10.1 Å². The molecule has 1 fully saturated rings. The first-order chi connectivity index (χ1) is 9.95. The summed E-state index contributed by atoms with van der Waals surface area (Å²) in [6.45, 7) is -0.165. The molecule has 1 saturated heterocycles. The zero-order chi connectivity index (χ0) is 15.4. The average Bonchev–Trinajstić information content (AvgIpc) is 2.84. The second kappa shape index (κ2) is 6.34. The van der Waals surface area contributed by atoms with E-state index in [1.807, 2.05) is 0 Å². The van der Waals surface area contributed by atoms with Gasteiger partial charge in [-0.25, -0.2) is 4.39 Å². The largest absolute Gasteiger partial charge is 0.344 e. The Balaban J connectivity index is 1.87. The predicted octanol–water partition coefficient (Wildman–Crippen LogP) is 0.501. The third kappa shape index (κ3) is 4.01. The molecule has 112 valence electrons. The van der Waals surface area contributed by atoms with Crippen molar-refractivity contribution in [3.8, 4) is 0 Å². The molecule has 1 aliphatic heterocycles. The van der Waals surface area contributed by atoms with Gasteiger partial charge in [-0.05, 0) is 24.6 Å². The number of hydrogen-bond donors (Lipinski definition) is 2. The first-order valence-corrected chi connectivity index (χ1v) is 6.55. The van der Waals surface area contributed by atoms with Crippen LogP contribution in [0.5, 0.6) is 0 Å². The van der Waals surface area contributed by atoms with E-state index in [4.69, 9.17) is 0 Å². The molecule has 7 heteroatoms. The van der Waals surface area contributed by atoms with E-state index in [0.717, 1.165) is 0 Å². The highest BCUT2D eigenvalue weighted by atomic mass is 19.1. The summed E-state index contributed by atoms with van der Waals surface area (Å²) in [5.41, 5.74) is 0.329. The molecule has 2 N–H and O–H groups in total. The molecular formula is C14H16FN3O3. The lowest BCUT2D eigenvalue weighted by atomic mass is 10.2. The SMILES string of the molecule is CN(CC(=O)Nc1cccc(F)c1)C(=O)[C@@H]1CCC(=O)N1. The highest BCUT2D eigenvalue weighted by Gasteiger charge is 2.29. The first kappa shape index (κ1) is 15.0. The van der Waals surface area contributed by atoms with Crippen molar-refractivity contribution in [1.82, 2.24) is 10.2 Å². The Labute approximate surface area is 121 Å². The van der Waals surface area contributed by atoms with Crippen LogP contribution >= 0.6 is 0 Å². The summed E-state index contributed by atoms with van der Waals surface area (Å²) in [6.07, 6.45) is 0.757. The van der Waals surface area contributed by atoms with Gasteiger partial charge in [-0.1, -0.05) is 6.07 Å². The van der Waals surface area contributed by atoms with E-state index in [0.29, 0.717) is 18.5 Å². The van der Waals surface area contributed by atoms with Crippen LogP contribution in [0.1, 0.15) is 12.8 Å². The number of anilines is 1. The fourth-order valence-electron chi connectivity index (χ4n) is 2.13. The first-order valence-electron chi connectivity index (χ1n) is 6.55. The molecular weight excluding hydrogens is 277 g/mol. The number of amides is 3. The molecule has 0 saturated carbocycles. The Morgan fingerprint density at radius 3 is 2.86 bits per heavy atom. The molecule has 0 bridgehead atoms. The smallest absolute Gasteiger partial charge is 0.245 e. The molecule has 21 heavy (non-hydrogen) atoms. The summed E-state index contributed by atoms with van der Waals surface area (Å²) in [5, 5.41) is 5.06. The van der Waals surface area contributed by atoms with Crippen LogP contribution in [-0.2, 0) is 14.4 Å². The summed E-state index contributed by atoms with van der Waals surface area (Å²) in [4.78, 5) is 36.1. The minimum atomic E-state index is -0.565. The van der Waals surface area contributed by atoms with E-state index in [-0.39, 0.29) is 18.4 Å². The molecule has 0 unspecified atom stereocenters. The average molecular weight is 293 g/mol. The van der Waals surface area contributed by atoms with E-state index < -0.39 is 17.8 Å². The summed E-state index contributed by atoms with van der Waals surface area (Å²) in [6, 6.07) is 4.93. The Morgan fingerprint density at radius 1 is 1.48 bits per heavy atom. The number of carbonyl (C=O) groups is 3. The maximum atomic E-state index is 13.0. The molecule has 1 heterocycles. The van der Waals surface area contributed by atoms with Crippen LogP contribution in [0.15, 0.2) is 24.3 Å². The van der Waals surface area contributed by atoms with Gasteiger partial charge in [0.1, 0.15) is 11.9 Å². The Hall–Kier alpha value is -2.44. The topological polar surface area (TPSA) is 78.5 Å². The third-order valence-electron chi connectivity index (χ3n) is 3.16. The molecule has 0 radical (unpaired) electrons. The fourth-order valence-corrected chi connectivity index (χ4v) is 2.13. The molecule has 1 atom stereocenters. The van der Waals surface area contributed by atoms with Gasteiger partial charge in [0.25, 0.3) is 0 Å². The fraction of sp³-hybridized carbons (Fsp3) is 0.357. The lowest BCUT2D eigenvalue weighted by molar-refractivity contribution is -0.135. The molecule has 0 aromatic heterocycles. The van der Waals surface area contributed by atoms with Crippen LogP contribution in [0.3, 0.4) is 0 Å². The molecule has 2 rings (SSSR count). The molecule has 6 nitrogen and oxygen atoms in total. The number of rotatable bonds is 4. The van der Waals surface area contributed by atoms with Crippen molar-refractivity contribution in [3.63, 3.8) is 0 Å². The van der Waals surface area contributed by atoms with Gasteiger partial charge in [0.2, 0.25) is 17.7 Å². The predicted molar refractivity (Wildman–Crippen MR) is 73.8 cm³/mol. The van der Waals surface area contributed by atoms with Gasteiger partial charge in [-0.3, -0.25) is 14.4 Å². The van der Waals surface area contributed by atoms with E-state index in [1.54, 1.807) is 6.07 Å². The Morgan fingerprint density at radius 2 is 2.24 bits per heavy atom. The maximum absolute atomic E-state index is 13.0. The van der Waals surface area contributed by atoms with E-state index in [2.05, 4.69) is 10.6 Å². The zero-order valence-corrected chi connectivity index (χ0v) is 11.6. The van der Waals surface area contributed by atoms with Crippen LogP contribution in [0, 0.1) is 5.82 Å². The lowest BCUT2D eigenvalue weighted by Gasteiger charge is -2.20. The van der Waals surface area contributed by atoms with Crippen molar-refractivity contribution in [2.75, 3.05) is 18.9 Å². The van der Waals surface area contributed by atoms with E-state index in [9.17, 15) is 18.8 Å². The number of nitrogens with zero attached hydrogens (tertiary/aromatic N) is 1. The zero-order valence-electron chi connectivity index (χ0n) is 11.6. The second-order valence-electron chi connectivity index (χ2n) is 4.91. The summed E-state index contributed by atoms with van der Waals surface area (Å²) in [5.74, 6) is -1.35. The van der Waals surface area contributed by atoms with Crippen LogP contribution in [0.2, 0.25) is 0 Å². The number of hydrogen-bond acceptors (Lipinski definition) is 3. The summed E-state index contributed by atoms with van der Waals surface area (Å²) in [7, 11) is 1.48. The molecule has 1 aromatic carbocycles. The number of benzene rings is 1. The van der Waals surface area contributed by atoms with Gasteiger partial charge >= 0.3 is 0 Å². The number of carbonyl (C=O) groups excluding carboxylic acids is 3. The maximum Gasteiger partial charge on any atom is 0.245 e. The minimum Gasteiger partial charge on any atom is -0.344 e. The van der Waals surface area contributed by atoms with Crippen molar-refractivity contribution in [2.45, 2.75) is 18.9 Å². The van der Waals surface area contributed by atoms with Crippen LogP contribution < -0.4 is 10.6 Å². The van der Waals surface area contributed by atoms with Crippen molar-refractivity contribution < 1.29 is 18.8 Å². The van der Waals surface area contributed by atoms with Gasteiger partial charge < -0.3 is 15.5 Å². The normalized spacial score (nSPS) is 17.2. The van der Waals surface area contributed by atoms with Gasteiger partial charge in [-0.2, -0.15) is 0 Å². The number of nitrogens with one attached hydrogen (secondary N) is 2. The Kier molecular flexibility index (Phi) is 4.52. The van der Waals surface area contributed by atoms with Crippen molar-refractivity contribution in [1.29, 1.82) is 0 Å². The van der Waals surface area contributed by atoms with Gasteiger partial charge in [-0.15, -0.1) is 0 Å². The highest BCUT2D eigenvalue weighted by molar-refractivity contribution is 5.96. The van der Waals surface area contributed by atoms with Crippen LogP contribution in [-0.4, -0.2) is 42.3 Å². The summed E-state index contributed by atoms with van der Waals surface area (Å²) < 4.78 is 13.0. The molecule has 0 spiro atoms. The van der Waals surface area contributed by atoms with Crippen molar-refractivity contribution in [3.05, 3.63) is 30.1 Å². The Bertz CT molecular complexity index is 576. The van der Waals surface area contributed by atoms with E-state index in [1.165, 1.54) is 30.1 Å².